The summed E-state index contributed by atoms with van der Waals surface area (Å²) >= 11 is 0. The Morgan fingerprint density at radius 3 is 2.76 bits per heavy atom. The average Bonchev–Trinajstić information content (AvgIpc) is 2.40. The number of ether oxygens (including phenoxy) is 1. The highest BCUT2D eigenvalue weighted by atomic mass is 32.2. The molecule has 0 bridgehead atoms. The first-order valence-electron chi connectivity index (χ1n) is 7.22. The normalized spacial score (nSPS) is 23.4. The van der Waals surface area contributed by atoms with Gasteiger partial charge < -0.3 is 4.74 Å². The molecule has 0 unspecified atom stereocenters. The van der Waals surface area contributed by atoms with Gasteiger partial charge in [0.05, 0.1) is 11.9 Å². The van der Waals surface area contributed by atoms with Gasteiger partial charge in [0.15, 0.2) is 0 Å². The maximum Gasteiger partial charge on any atom is 0.215 e. The zero-order chi connectivity index (χ0) is 15.5. The molecular weight excluding hydrogens is 293 g/mol. The Hall–Kier alpha value is -0.980. The summed E-state index contributed by atoms with van der Waals surface area (Å²) in [6.45, 7) is 4.36. The van der Waals surface area contributed by atoms with Crippen molar-refractivity contribution in [3.63, 3.8) is 0 Å². The monoisotopic (exact) mass is 315 g/mol. The average molecular weight is 315 g/mol. The molecule has 0 aliphatic carbocycles. The molecule has 0 amide bonds. The number of hydrogen-bond acceptors (Lipinski definition) is 3. The summed E-state index contributed by atoms with van der Waals surface area (Å²) in [5, 5.41) is -0.534. The second-order valence-electron chi connectivity index (χ2n) is 5.78. The van der Waals surface area contributed by atoms with Crippen LogP contribution in [0.5, 0.6) is 0 Å². The molecule has 1 aliphatic heterocycles. The molecule has 0 radical (unpaired) electrons. The molecule has 6 heteroatoms. The molecule has 1 fully saturated rings. The summed E-state index contributed by atoms with van der Waals surface area (Å²) in [6, 6.07) is 6.34. The van der Waals surface area contributed by atoms with E-state index in [9.17, 15) is 12.8 Å². The van der Waals surface area contributed by atoms with E-state index in [2.05, 4.69) is 4.72 Å². The highest BCUT2D eigenvalue weighted by Gasteiger charge is 2.36. The van der Waals surface area contributed by atoms with Crippen LogP contribution in [0.3, 0.4) is 0 Å². The first-order valence-corrected chi connectivity index (χ1v) is 8.77. The SMILES string of the molecule is CC(C)NS(=O)(=O)[C@@H]1CCOC[C@@H]1Cc1ccccc1F. The molecule has 118 valence electrons. The Morgan fingerprint density at radius 2 is 2.10 bits per heavy atom. The Balaban J connectivity index is 2.18. The van der Waals surface area contributed by atoms with Crippen molar-refractivity contribution in [1.82, 2.24) is 4.72 Å². The molecule has 0 aromatic heterocycles. The highest BCUT2D eigenvalue weighted by molar-refractivity contribution is 7.90. The van der Waals surface area contributed by atoms with Gasteiger partial charge in [-0.15, -0.1) is 0 Å². The van der Waals surface area contributed by atoms with E-state index in [-0.39, 0.29) is 17.8 Å². The van der Waals surface area contributed by atoms with Crippen LogP contribution < -0.4 is 4.72 Å². The van der Waals surface area contributed by atoms with Crippen molar-refractivity contribution in [1.29, 1.82) is 0 Å². The lowest BCUT2D eigenvalue weighted by atomic mass is 9.93. The first kappa shape index (κ1) is 16.4. The minimum atomic E-state index is -3.42. The smallest absolute Gasteiger partial charge is 0.215 e. The Bertz CT molecular complexity index is 574. The maximum absolute atomic E-state index is 13.8. The molecule has 1 N–H and O–H groups in total. The van der Waals surface area contributed by atoms with Gasteiger partial charge in [0.1, 0.15) is 5.82 Å². The van der Waals surface area contributed by atoms with E-state index >= 15 is 0 Å². The third kappa shape index (κ3) is 4.25. The van der Waals surface area contributed by atoms with Gasteiger partial charge in [0.25, 0.3) is 0 Å². The summed E-state index contributed by atoms with van der Waals surface area (Å²) in [6.07, 6.45) is 0.817. The lowest BCUT2D eigenvalue weighted by Gasteiger charge is -2.32. The molecule has 2 atom stereocenters. The molecule has 2 rings (SSSR count). The minimum absolute atomic E-state index is 0.146. The van der Waals surface area contributed by atoms with E-state index in [0.717, 1.165) is 0 Å². The van der Waals surface area contributed by atoms with Crippen LogP contribution >= 0.6 is 0 Å². The van der Waals surface area contributed by atoms with E-state index < -0.39 is 15.3 Å². The zero-order valence-corrected chi connectivity index (χ0v) is 13.2. The van der Waals surface area contributed by atoms with E-state index in [1.807, 2.05) is 0 Å². The van der Waals surface area contributed by atoms with Crippen LogP contribution in [0.25, 0.3) is 0 Å². The van der Waals surface area contributed by atoms with Gasteiger partial charge >= 0.3 is 0 Å². The van der Waals surface area contributed by atoms with Crippen molar-refractivity contribution < 1.29 is 17.5 Å². The second kappa shape index (κ2) is 6.85. The number of benzene rings is 1. The zero-order valence-electron chi connectivity index (χ0n) is 12.4. The van der Waals surface area contributed by atoms with Gasteiger partial charge in [0.2, 0.25) is 10.0 Å². The number of hydrogen-bond donors (Lipinski definition) is 1. The number of halogens is 1. The molecule has 1 aromatic rings. The molecule has 1 aliphatic rings. The standard InChI is InChI=1S/C15H22FNO3S/c1-11(2)17-21(18,19)15-7-8-20-10-13(15)9-12-5-3-4-6-14(12)16/h3-6,11,13,15,17H,7-10H2,1-2H3/t13-,15+/m0/s1. The lowest BCUT2D eigenvalue weighted by Crippen LogP contribution is -2.46. The topological polar surface area (TPSA) is 55.4 Å². The molecule has 1 saturated heterocycles. The third-order valence-electron chi connectivity index (χ3n) is 3.64. The van der Waals surface area contributed by atoms with Crippen molar-refractivity contribution in [3.05, 3.63) is 35.6 Å². The van der Waals surface area contributed by atoms with Gasteiger partial charge in [0, 0.05) is 18.6 Å². The van der Waals surface area contributed by atoms with Crippen LogP contribution in [0.4, 0.5) is 4.39 Å². The summed E-state index contributed by atoms with van der Waals surface area (Å²) < 4.78 is 46.7. The second-order valence-corrected chi connectivity index (χ2v) is 7.71. The summed E-state index contributed by atoms with van der Waals surface area (Å²) in [4.78, 5) is 0. The maximum atomic E-state index is 13.8. The molecule has 1 heterocycles. The van der Waals surface area contributed by atoms with Crippen LogP contribution in [-0.2, 0) is 21.2 Å². The Kier molecular flexibility index (Phi) is 5.35. The van der Waals surface area contributed by atoms with Gasteiger partial charge in [-0.25, -0.2) is 17.5 Å². The summed E-state index contributed by atoms with van der Waals surface area (Å²) in [7, 11) is -3.42. The van der Waals surface area contributed by atoms with Crippen molar-refractivity contribution in [3.8, 4) is 0 Å². The van der Waals surface area contributed by atoms with Gasteiger partial charge in [-0.05, 0) is 38.3 Å². The van der Waals surface area contributed by atoms with Crippen LogP contribution in [0.15, 0.2) is 24.3 Å². The van der Waals surface area contributed by atoms with Crippen LogP contribution in [0.1, 0.15) is 25.8 Å². The number of rotatable bonds is 5. The lowest BCUT2D eigenvalue weighted by molar-refractivity contribution is 0.0567. The van der Waals surface area contributed by atoms with Gasteiger partial charge in [-0.2, -0.15) is 0 Å². The largest absolute Gasteiger partial charge is 0.381 e. The first-order chi connectivity index (χ1) is 9.90. The highest BCUT2D eigenvalue weighted by Crippen LogP contribution is 2.26. The predicted molar refractivity (Wildman–Crippen MR) is 80.0 cm³/mol. The molecule has 21 heavy (non-hydrogen) atoms. The molecular formula is C15H22FNO3S. The van der Waals surface area contributed by atoms with Crippen LogP contribution in [0, 0.1) is 11.7 Å². The van der Waals surface area contributed by atoms with Gasteiger partial charge in [-0.3, -0.25) is 0 Å². The quantitative estimate of drug-likeness (QED) is 0.905. The van der Waals surface area contributed by atoms with Crippen molar-refractivity contribution in [2.45, 2.75) is 38.0 Å². The molecule has 4 nitrogen and oxygen atoms in total. The van der Waals surface area contributed by atoms with E-state index in [0.29, 0.717) is 31.6 Å². The third-order valence-corrected chi connectivity index (χ3v) is 5.86. The van der Waals surface area contributed by atoms with E-state index in [4.69, 9.17) is 4.74 Å². The van der Waals surface area contributed by atoms with E-state index in [1.165, 1.54) is 6.07 Å². The van der Waals surface area contributed by atoms with Crippen molar-refractivity contribution in [2.24, 2.45) is 5.92 Å². The molecule has 1 aromatic carbocycles. The predicted octanol–water partition coefficient (Wildman–Crippen LogP) is 2.10. The number of nitrogens with one attached hydrogen (secondary N) is 1. The fourth-order valence-electron chi connectivity index (χ4n) is 2.74. The molecule has 0 saturated carbocycles. The summed E-state index contributed by atoms with van der Waals surface area (Å²) in [5.41, 5.74) is 0.540. The minimum Gasteiger partial charge on any atom is -0.381 e. The van der Waals surface area contributed by atoms with Gasteiger partial charge in [-0.1, -0.05) is 18.2 Å². The van der Waals surface area contributed by atoms with Crippen LogP contribution in [-0.4, -0.2) is 32.9 Å². The Labute approximate surface area is 125 Å². The van der Waals surface area contributed by atoms with Crippen molar-refractivity contribution >= 4 is 10.0 Å². The number of sulfonamides is 1. The Morgan fingerprint density at radius 1 is 1.38 bits per heavy atom. The van der Waals surface area contributed by atoms with E-state index in [1.54, 1.807) is 32.0 Å². The van der Waals surface area contributed by atoms with Crippen molar-refractivity contribution in [2.75, 3.05) is 13.2 Å². The fraction of sp³-hybridized carbons (Fsp3) is 0.600. The molecule has 0 spiro atoms. The fourth-order valence-corrected chi connectivity index (χ4v) is 4.66. The summed E-state index contributed by atoms with van der Waals surface area (Å²) in [5.74, 6) is -0.525. The van der Waals surface area contributed by atoms with Crippen LogP contribution in [0.2, 0.25) is 0 Å².